The Labute approximate surface area is 214 Å². The first-order valence-electron chi connectivity index (χ1n) is 12.1. The van der Waals surface area contributed by atoms with E-state index in [1.807, 2.05) is 27.7 Å². The van der Waals surface area contributed by atoms with Gasteiger partial charge in [0, 0.05) is 13.1 Å². The highest BCUT2D eigenvalue weighted by Crippen LogP contribution is 2.22. The Morgan fingerprint density at radius 1 is 0.750 bits per heavy atom. The van der Waals surface area contributed by atoms with Gasteiger partial charge >= 0.3 is 11.9 Å². The van der Waals surface area contributed by atoms with Gasteiger partial charge in [0.25, 0.3) is 11.8 Å². The molecule has 0 radical (unpaired) electrons. The number of esters is 2. The van der Waals surface area contributed by atoms with Crippen LogP contribution >= 0.6 is 0 Å². The van der Waals surface area contributed by atoms with Crippen molar-refractivity contribution < 1.29 is 28.7 Å². The Morgan fingerprint density at radius 2 is 1.08 bits per heavy atom. The third-order valence-electron chi connectivity index (χ3n) is 5.65. The molecule has 0 aliphatic heterocycles. The molecule has 0 aliphatic carbocycles. The summed E-state index contributed by atoms with van der Waals surface area (Å²) in [5.41, 5.74) is 0.230. The van der Waals surface area contributed by atoms with E-state index in [1.54, 1.807) is 12.1 Å². The maximum absolute atomic E-state index is 13.8. The number of nitrogens with zero attached hydrogens (tertiary/aromatic N) is 2. The lowest BCUT2D eigenvalue weighted by atomic mass is 9.98. The van der Waals surface area contributed by atoms with Crippen LogP contribution in [0.1, 0.15) is 61.3 Å². The van der Waals surface area contributed by atoms with E-state index in [-0.39, 0.29) is 36.1 Å². The zero-order valence-electron chi connectivity index (χ0n) is 22.4. The zero-order chi connectivity index (χ0) is 27.4. The van der Waals surface area contributed by atoms with Gasteiger partial charge in [0.2, 0.25) is 0 Å². The lowest BCUT2D eigenvalue weighted by molar-refractivity contribution is -0.147. The highest BCUT2D eigenvalue weighted by molar-refractivity contribution is 6.08. The van der Waals surface area contributed by atoms with E-state index < -0.39 is 35.8 Å². The van der Waals surface area contributed by atoms with Crippen LogP contribution < -0.4 is 0 Å². The van der Waals surface area contributed by atoms with Crippen LogP contribution in [0.4, 0.5) is 0 Å². The number of benzene rings is 1. The van der Waals surface area contributed by atoms with Gasteiger partial charge in [-0.15, -0.1) is 13.2 Å². The number of rotatable bonds is 14. The maximum Gasteiger partial charge on any atom is 0.328 e. The van der Waals surface area contributed by atoms with Gasteiger partial charge in [-0.25, -0.2) is 9.59 Å². The minimum atomic E-state index is -0.850. The van der Waals surface area contributed by atoms with Gasteiger partial charge in [-0.05, 0) is 36.8 Å². The van der Waals surface area contributed by atoms with Gasteiger partial charge in [-0.2, -0.15) is 0 Å². The van der Waals surface area contributed by atoms with E-state index in [1.165, 1.54) is 48.3 Å². The second-order valence-corrected chi connectivity index (χ2v) is 9.37. The fourth-order valence-corrected chi connectivity index (χ4v) is 4.01. The van der Waals surface area contributed by atoms with Crippen LogP contribution in [0.5, 0.6) is 0 Å². The minimum Gasteiger partial charge on any atom is -0.467 e. The fourth-order valence-electron chi connectivity index (χ4n) is 4.01. The van der Waals surface area contributed by atoms with Crippen molar-refractivity contribution in [3.63, 3.8) is 0 Å². The average molecular weight is 501 g/mol. The Bertz CT molecular complexity index is 865. The quantitative estimate of drug-likeness (QED) is 0.282. The smallest absolute Gasteiger partial charge is 0.328 e. The molecular formula is C28H40N2O6. The van der Waals surface area contributed by atoms with Crippen LogP contribution in [0.15, 0.2) is 49.6 Å². The van der Waals surface area contributed by atoms with Crippen LogP contribution in [0.25, 0.3) is 0 Å². The maximum atomic E-state index is 13.8. The molecule has 0 heterocycles. The molecule has 2 amide bonds. The van der Waals surface area contributed by atoms with E-state index >= 15 is 0 Å². The van der Waals surface area contributed by atoms with E-state index in [0.717, 1.165) is 0 Å². The number of hydrogen-bond donors (Lipinski definition) is 0. The summed E-state index contributed by atoms with van der Waals surface area (Å²) in [7, 11) is 2.55. The standard InChI is InChI=1S/C28H40N2O6/c1-9-15-29(23(17-19(3)4)27(33)35-7)25(31)21-13-11-12-14-22(21)26(32)30(16-10-2)24(18-20(5)6)28(34)36-8/h9-14,19-20,23-24H,1-2,15-18H2,3-8H3/t23-,24-/m0/s1. The number of hydrogen-bond acceptors (Lipinski definition) is 6. The van der Waals surface area contributed by atoms with Gasteiger partial charge in [0.1, 0.15) is 12.1 Å². The Kier molecular flexibility index (Phi) is 12.6. The molecule has 0 aromatic heterocycles. The number of amides is 2. The Balaban J connectivity index is 3.59. The predicted octanol–water partition coefficient (Wildman–Crippen LogP) is 4.12. The first-order valence-corrected chi connectivity index (χ1v) is 12.1. The first-order chi connectivity index (χ1) is 17.0. The second-order valence-electron chi connectivity index (χ2n) is 9.37. The highest BCUT2D eigenvalue weighted by atomic mass is 16.5. The molecule has 0 saturated carbocycles. The Hall–Kier alpha value is -3.42. The number of methoxy groups -OCH3 is 2. The van der Waals surface area contributed by atoms with Crippen molar-refractivity contribution in [1.29, 1.82) is 0 Å². The molecule has 198 valence electrons. The molecular weight excluding hydrogens is 460 g/mol. The van der Waals surface area contributed by atoms with Crippen molar-refractivity contribution in [2.45, 2.75) is 52.6 Å². The lowest BCUT2D eigenvalue weighted by Gasteiger charge is -2.32. The normalized spacial score (nSPS) is 12.4. The summed E-state index contributed by atoms with van der Waals surface area (Å²) in [5, 5.41) is 0. The summed E-state index contributed by atoms with van der Waals surface area (Å²) in [6, 6.07) is 4.67. The molecule has 36 heavy (non-hydrogen) atoms. The third-order valence-corrected chi connectivity index (χ3v) is 5.65. The van der Waals surface area contributed by atoms with Crippen LogP contribution in [-0.4, -0.2) is 72.9 Å². The van der Waals surface area contributed by atoms with Crippen molar-refractivity contribution in [2.24, 2.45) is 11.8 Å². The van der Waals surface area contributed by atoms with Crippen molar-refractivity contribution in [3.8, 4) is 0 Å². The highest BCUT2D eigenvalue weighted by Gasteiger charge is 2.36. The van der Waals surface area contributed by atoms with Crippen molar-refractivity contribution >= 4 is 23.8 Å². The molecule has 0 fully saturated rings. The number of carbonyl (C=O) groups excluding carboxylic acids is 4. The molecule has 1 aromatic rings. The van der Waals surface area contributed by atoms with Gasteiger partial charge in [0.05, 0.1) is 25.3 Å². The molecule has 2 atom stereocenters. The monoisotopic (exact) mass is 500 g/mol. The molecule has 0 aliphatic rings. The summed E-state index contributed by atoms with van der Waals surface area (Å²) in [6.07, 6.45) is 3.81. The van der Waals surface area contributed by atoms with Crippen molar-refractivity contribution in [1.82, 2.24) is 9.80 Å². The van der Waals surface area contributed by atoms with Crippen LogP contribution in [0.2, 0.25) is 0 Å². The lowest BCUT2D eigenvalue weighted by Crippen LogP contribution is -2.48. The molecule has 8 heteroatoms. The average Bonchev–Trinajstić information content (AvgIpc) is 2.86. The third kappa shape index (κ3) is 8.07. The fraction of sp³-hybridized carbons (Fsp3) is 0.500. The van der Waals surface area contributed by atoms with Crippen LogP contribution in [0, 0.1) is 11.8 Å². The summed E-state index contributed by atoms with van der Waals surface area (Å²) < 4.78 is 9.95. The molecule has 8 nitrogen and oxygen atoms in total. The second kappa shape index (κ2) is 14.9. The Morgan fingerprint density at radius 3 is 1.33 bits per heavy atom. The van der Waals surface area contributed by atoms with Crippen molar-refractivity contribution in [2.75, 3.05) is 27.3 Å². The van der Waals surface area contributed by atoms with Crippen LogP contribution in [-0.2, 0) is 19.1 Å². The summed E-state index contributed by atoms with van der Waals surface area (Å²) >= 11 is 0. The number of ether oxygens (including phenoxy) is 2. The van der Waals surface area contributed by atoms with Crippen LogP contribution in [0.3, 0.4) is 0 Å². The molecule has 1 rings (SSSR count). The summed E-state index contributed by atoms with van der Waals surface area (Å²) in [5.74, 6) is -1.90. The van der Waals surface area contributed by atoms with Gasteiger partial charge in [0.15, 0.2) is 0 Å². The van der Waals surface area contributed by atoms with Crippen molar-refractivity contribution in [3.05, 3.63) is 60.7 Å². The molecule has 0 unspecified atom stereocenters. The topological polar surface area (TPSA) is 93.2 Å². The molecule has 1 aromatic carbocycles. The van der Waals surface area contributed by atoms with Gasteiger partial charge < -0.3 is 19.3 Å². The predicted molar refractivity (Wildman–Crippen MR) is 139 cm³/mol. The van der Waals surface area contributed by atoms with E-state index in [4.69, 9.17) is 9.47 Å². The zero-order valence-corrected chi connectivity index (χ0v) is 22.4. The summed E-state index contributed by atoms with van der Waals surface area (Å²) in [4.78, 5) is 55.6. The number of carbonyl (C=O) groups is 4. The van der Waals surface area contributed by atoms with E-state index in [0.29, 0.717) is 12.8 Å². The van der Waals surface area contributed by atoms with Gasteiger partial charge in [-0.1, -0.05) is 52.0 Å². The molecule has 0 N–H and O–H groups in total. The first kappa shape index (κ1) is 30.6. The van der Waals surface area contributed by atoms with E-state index in [2.05, 4.69) is 13.2 Å². The minimum absolute atomic E-state index is 0.0857. The SMILES string of the molecule is C=CCN(C(=O)c1ccccc1C(=O)N(CC=C)[C@@H](CC(C)C)C(=O)OC)[C@@H](CC(C)C)C(=O)OC. The molecule has 0 spiro atoms. The molecule has 0 saturated heterocycles. The summed E-state index contributed by atoms with van der Waals surface area (Å²) in [6.45, 7) is 15.4. The van der Waals surface area contributed by atoms with Gasteiger partial charge in [-0.3, -0.25) is 9.59 Å². The largest absolute Gasteiger partial charge is 0.467 e. The molecule has 0 bridgehead atoms. The van der Waals surface area contributed by atoms with E-state index in [9.17, 15) is 19.2 Å².